The van der Waals surface area contributed by atoms with E-state index in [1.165, 1.54) is 40.4 Å². The minimum atomic E-state index is -5.24. The Bertz CT molecular complexity index is 1030. The number of hydrogen-bond donors (Lipinski definition) is 1. The summed E-state index contributed by atoms with van der Waals surface area (Å²) in [5, 5.41) is 2.87. The molecule has 2 aromatic carbocycles. The maximum atomic E-state index is 11.8. The fraction of sp³-hybridized carbons (Fsp3) is 0.350. The Morgan fingerprint density at radius 3 is 2.25 bits per heavy atom. The molecule has 0 bridgehead atoms. The quantitative estimate of drug-likeness (QED) is 0.324. The molecule has 0 saturated carbocycles. The smallest absolute Gasteiger partial charge is 0.780 e. The third-order valence-electron chi connectivity index (χ3n) is 4.88. The summed E-state index contributed by atoms with van der Waals surface area (Å²) in [6, 6.07) is 5.88. The molecule has 1 atom stereocenters. The van der Waals surface area contributed by atoms with Crippen molar-refractivity contribution in [2.24, 2.45) is 0 Å². The van der Waals surface area contributed by atoms with E-state index in [4.69, 9.17) is 14.2 Å². The first-order valence-corrected chi connectivity index (χ1v) is 10.6. The van der Waals surface area contributed by atoms with Crippen LogP contribution in [0.1, 0.15) is 30.5 Å². The van der Waals surface area contributed by atoms with Crippen molar-refractivity contribution in [2.75, 3.05) is 21.3 Å². The maximum Gasteiger partial charge on any atom is 1.00 e. The third-order valence-corrected chi connectivity index (χ3v) is 5.31. The number of ether oxygens (including phenoxy) is 3. The fourth-order valence-corrected chi connectivity index (χ4v) is 4.16. The van der Waals surface area contributed by atoms with Crippen LogP contribution < -0.4 is 93.0 Å². The molecule has 0 unspecified atom stereocenters. The Balaban J connectivity index is 0.00000256. The summed E-state index contributed by atoms with van der Waals surface area (Å²) in [7, 11) is -0.694. The number of rotatable bonds is 6. The van der Waals surface area contributed by atoms with Gasteiger partial charge in [0, 0.05) is 12.5 Å². The van der Waals surface area contributed by atoms with Crippen LogP contribution in [0.4, 0.5) is 0 Å². The van der Waals surface area contributed by atoms with Crippen LogP contribution in [0.25, 0.3) is 11.1 Å². The Kier molecular flexibility index (Phi) is 11.1. The first kappa shape index (κ1) is 29.3. The first-order valence-electron chi connectivity index (χ1n) is 9.13. The second kappa shape index (κ2) is 12.1. The number of nitrogens with one attached hydrogen (secondary N) is 1. The molecule has 1 aliphatic rings. The van der Waals surface area contributed by atoms with Gasteiger partial charge in [-0.2, -0.15) is 0 Å². The summed E-state index contributed by atoms with van der Waals surface area (Å²) in [6.07, 6.45) is 1.09. The van der Waals surface area contributed by atoms with Crippen LogP contribution in [0.15, 0.2) is 24.3 Å². The summed E-state index contributed by atoms with van der Waals surface area (Å²) >= 11 is 0. The molecular formula is C20H22NNa2O8P. The monoisotopic (exact) mass is 481 g/mol. The summed E-state index contributed by atoms with van der Waals surface area (Å²) in [4.78, 5) is 34.0. The van der Waals surface area contributed by atoms with E-state index in [2.05, 4.69) is 9.84 Å². The standard InChI is InChI=1S/C20H24NO8P.2Na/c1-11(22)21-16-8-5-12-9-17(26-2)19(27-3)20(28-4)18(12)14-7-6-13(10-15(14)16)29-30(23,24)25;;/h6-7,9-10,16H,5,8H2,1-4H3,(H,21,22)(H2,23,24,25);;/q;2*+1/p-2/t16-;;/m0../s1. The van der Waals surface area contributed by atoms with Crippen LogP contribution in [0, 0.1) is 0 Å². The van der Waals surface area contributed by atoms with Crippen molar-refractivity contribution in [2.45, 2.75) is 25.8 Å². The molecule has 1 aliphatic carbocycles. The third kappa shape index (κ3) is 6.44. The zero-order chi connectivity index (χ0) is 22.1. The van der Waals surface area contributed by atoms with Crippen LogP contribution in [-0.4, -0.2) is 27.2 Å². The molecular weight excluding hydrogens is 459 g/mol. The Labute approximate surface area is 231 Å². The summed E-state index contributed by atoms with van der Waals surface area (Å²) in [6.45, 7) is 1.40. The van der Waals surface area contributed by atoms with E-state index in [0.717, 1.165) is 11.1 Å². The normalized spacial score (nSPS) is 14.4. The maximum absolute atomic E-state index is 11.8. The molecule has 0 aromatic heterocycles. The molecule has 0 fully saturated rings. The van der Waals surface area contributed by atoms with Crippen molar-refractivity contribution in [3.8, 4) is 34.1 Å². The van der Waals surface area contributed by atoms with E-state index in [1.54, 1.807) is 6.07 Å². The summed E-state index contributed by atoms with van der Waals surface area (Å²) in [5.74, 6) is 0.991. The van der Waals surface area contributed by atoms with Crippen molar-refractivity contribution in [3.05, 3.63) is 35.4 Å². The molecule has 9 nitrogen and oxygen atoms in total. The molecule has 32 heavy (non-hydrogen) atoms. The average molecular weight is 481 g/mol. The molecule has 0 saturated heterocycles. The SMILES string of the molecule is COc1cc2c(c(OC)c1OC)-c1ccc(OP(=O)([O-])[O-])cc1[C@@H](NC(C)=O)CC2.[Na+].[Na+]. The van der Waals surface area contributed by atoms with Gasteiger partial charge in [0.1, 0.15) is 13.6 Å². The van der Waals surface area contributed by atoms with E-state index < -0.39 is 13.9 Å². The molecule has 0 aliphatic heterocycles. The molecule has 1 N–H and O–H groups in total. The predicted octanol–water partition coefficient (Wildman–Crippen LogP) is -4.28. The minimum Gasteiger partial charge on any atom is -0.780 e. The van der Waals surface area contributed by atoms with Gasteiger partial charge in [0.05, 0.1) is 27.4 Å². The number of phosphoric ester groups is 1. The van der Waals surface area contributed by atoms with Gasteiger partial charge in [0.25, 0.3) is 0 Å². The van der Waals surface area contributed by atoms with Crippen LogP contribution in [0.5, 0.6) is 23.0 Å². The van der Waals surface area contributed by atoms with Crippen molar-refractivity contribution >= 4 is 13.7 Å². The molecule has 3 rings (SSSR count). The van der Waals surface area contributed by atoms with Gasteiger partial charge in [-0.3, -0.25) is 4.79 Å². The van der Waals surface area contributed by atoms with Gasteiger partial charge in [-0.15, -0.1) is 0 Å². The molecule has 12 heteroatoms. The van der Waals surface area contributed by atoms with E-state index in [0.29, 0.717) is 41.2 Å². The molecule has 1 amide bonds. The zero-order valence-corrected chi connectivity index (χ0v) is 23.9. The van der Waals surface area contributed by atoms with E-state index >= 15 is 0 Å². The fourth-order valence-electron chi connectivity index (χ4n) is 3.79. The van der Waals surface area contributed by atoms with Crippen LogP contribution in [0.3, 0.4) is 0 Å². The molecule has 0 heterocycles. The van der Waals surface area contributed by atoms with Crippen LogP contribution >= 0.6 is 7.82 Å². The Hall–Kier alpha value is -0.740. The van der Waals surface area contributed by atoms with Gasteiger partial charge >= 0.3 is 59.1 Å². The molecule has 0 radical (unpaired) electrons. The largest absolute Gasteiger partial charge is 1.00 e. The Morgan fingerprint density at radius 1 is 1.06 bits per heavy atom. The second-order valence-electron chi connectivity index (χ2n) is 6.76. The zero-order valence-electron chi connectivity index (χ0n) is 19.0. The number of carbonyl (C=O) groups excluding carboxylic acids is 1. The van der Waals surface area contributed by atoms with E-state index in [1.807, 2.05) is 6.07 Å². The van der Waals surface area contributed by atoms with Crippen molar-refractivity contribution < 1.29 is 97.0 Å². The number of hydrogen-bond acceptors (Lipinski definition) is 8. The van der Waals surface area contributed by atoms with Gasteiger partial charge in [0.15, 0.2) is 11.5 Å². The first-order chi connectivity index (χ1) is 14.2. The number of fused-ring (bicyclic) bond motifs is 3. The minimum absolute atomic E-state index is 0. The number of amides is 1. The second-order valence-corrected chi connectivity index (χ2v) is 7.84. The van der Waals surface area contributed by atoms with Crippen molar-refractivity contribution in [1.29, 1.82) is 0 Å². The van der Waals surface area contributed by atoms with Crippen LogP contribution in [0.2, 0.25) is 0 Å². The van der Waals surface area contributed by atoms with E-state index in [9.17, 15) is 19.1 Å². The van der Waals surface area contributed by atoms with Gasteiger partial charge < -0.3 is 38.4 Å². The number of benzene rings is 2. The predicted molar refractivity (Wildman–Crippen MR) is 105 cm³/mol. The average Bonchev–Trinajstić information content (AvgIpc) is 2.82. The molecule has 2 aromatic rings. The number of phosphoric acid groups is 1. The topological polar surface area (TPSA) is 129 Å². The van der Waals surface area contributed by atoms with Crippen molar-refractivity contribution in [3.63, 3.8) is 0 Å². The summed E-state index contributed by atoms with van der Waals surface area (Å²) in [5.41, 5.74) is 2.93. The van der Waals surface area contributed by atoms with Crippen molar-refractivity contribution in [1.82, 2.24) is 5.32 Å². The molecule has 162 valence electrons. The number of carbonyl (C=O) groups is 1. The number of aryl methyl sites for hydroxylation is 1. The van der Waals surface area contributed by atoms with E-state index in [-0.39, 0.29) is 70.8 Å². The van der Waals surface area contributed by atoms with Gasteiger partial charge in [-0.1, -0.05) is 6.07 Å². The molecule has 0 spiro atoms. The Morgan fingerprint density at radius 2 is 1.72 bits per heavy atom. The van der Waals surface area contributed by atoms with Crippen LogP contribution in [-0.2, 0) is 15.8 Å². The summed E-state index contributed by atoms with van der Waals surface area (Å²) < 4.78 is 32.2. The van der Waals surface area contributed by atoms with Gasteiger partial charge in [-0.05, 0) is 47.7 Å². The van der Waals surface area contributed by atoms with Gasteiger partial charge in [0.2, 0.25) is 11.7 Å². The van der Waals surface area contributed by atoms with Gasteiger partial charge in [-0.25, -0.2) is 0 Å². The number of methoxy groups -OCH3 is 3.